The van der Waals surface area contributed by atoms with E-state index >= 15 is 0 Å². The fraction of sp³-hybridized carbons (Fsp3) is 0.667. The molecule has 1 aromatic heterocycles. The molecular formula is C12H19ClN2O. The summed E-state index contributed by atoms with van der Waals surface area (Å²) in [6.07, 6.45) is 2.93. The number of aryl methyl sites for hydroxylation is 1. The lowest BCUT2D eigenvalue weighted by Gasteiger charge is -2.15. The van der Waals surface area contributed by atoms with E-state index in [9.17, 15) is 0 Å². The van der Waals surface area contributed by atoms with Crippen molar-refractivity contribution in [2.45, 2.75) is 53.1 Å². The maximum atomic E-state index is 5.90. The third-order valence-corrected chi connectivity index (χ3v) is 2.38. The molecule has 1 rings (SSSR count). The van der Waals surface area contributed by atoms with Crippen molar-refractivity contribution in [1.82, 2.24) is 9.97 Å². The first-order chi connectivity index (χ1) is 7.58. The van der Waals surface area contributed by atoms with E-state index in [0.29, 0.717) is 5.88 Å². The quantitative estimate of drug-likeness (QED) is 0.742. The molecule has 0 spiro atoms. The van der Waals surface area contributed by atoms with Crippen LogP contribution in [-0.4, -0.2) is 16.1 Å². The molecule has 4 heteroatoms. The van der Waals surface area contributed by atoms with Gasteiger partial charge in [0.15, 0.2) is 0 Å². The minimum Gasteiger partial charge on any atom is -0.475 e. The van der Waals surface area contributed by atoms with Crippen LogP contribution in [0.5, 0.6) is 5.88 Å². The standard InChI is InChI=1S/C12H19ClN2O/c1-5-7-10-9(6-2)11(16-8(3)4)15-12(13)14-10/h8H,5-7H2,1-4H3. The molecule has 1 aromatic rings. The van der Waals surface area contributed by atoms with Gasteiger partial charge in [0, 0.05) is 5.56 Å². The van der Waals surface area contributed by atoms with Crippen LogP contribution >= 0.6 is 11.6 Å². The average Bonchev–Trinajstić information content (AvgIpc) is 2.16. The van der Waals surface area contributed by atoms with Gasteiger partial charge in [-0.2, -0.15) is 4.98 Å². The number of hydrogen-bond donors (Lipinski definition) is 0. The molecule has 3 nitrogen and oxygen atoms in total. The van der Waals surface area contributed by atoms with Gasteiger partial charge >= 0.3 is 0 Å². The van der Waals surface area contributed by atoms with E-state index in [0.717, 1.165) is 30.5 Å². The van der Waals surface area contributed by atoms with Crippen LogP contribution in [0, 0.1) is 0 Å². The van der Waals surface area contributed by atoms with Gasteiger partial charge in [-0.3, -0.25) is 0 Å². The second-order valence-electron chi connectivity index (χ2n) is 3.99. The van der Waals surface area contributed by atoms with Gasteiger partial charge in [0.25, 0.3) is 0 Å². The summed E-state index contributed by atoms with van der Waals surface area (Å²) in [7, 11) is 0. The molecular weight excluding hydrogens is 224 g/mol. The molecule has 16 heavy (non-hydrogen) atoms. The van der Waals surface area contributed by atoms with Crippen molar-refractivity contribution in [3.8, 4) is 5.88 Å². The maximum Gasteiger partial charge on any atom is 0.225 e. The minimum atomic E-state index is 0.103. The largest absolute Gasteiger partial charge is 0.475 e. The molecule has 0 atom stereocenters. The SMILES string of the molecule is CCCc1nc(Cl)nc(OC(C)C)c1CC. The highest BCUT2D eigenvalue weighted by molar-refractivity contribution is 6.28. The van der Waals surface area contributed by atoms with Crippen LogP contribution in [0.2, 0.25) is 5.28 Å². The fourth-order valence-electron chi connectivity index (χ4n) is 1.60. The maximum absolute atomic E-state index is 5.90. The Kier molecular flexibility index (Phi) is 5.00. The summed E-state index contributed by atoms with van der Waals surface area (Å²) in [5.74, 6) is 0.640. The van der Waals surface area contributed by atoms with Crippen molar-refractivity contribution in [1.29, 1.82) is 0 Å². The molecule has 0 aliphatic carbocycles. The van der Waals surface area contributed by atoms with Crippen molar-refractivity contribution >= 4 is 11.6 Å². The Bertz CT molecular complexity index is 353. The van der Waals surface area contributed by atoms with Gasteiger partial charge in [0.2, 0.25) is 11.2 Å². The fourth-order valence-corrected chi connectivity index (χ4v) is 1.78. The van der Waals surface area contributed by atoms with Crippen LogP contribution in [0.4, 0.5) is 0 Å². The van der Waals surface area contributed by atoms with E-state index in [2.05, 4.69) is 23.8 Å². The molecule has 0 saturated heterocycles. The molecule has 0 radical (unpaired) electrons. The zero-order valence-electron chi connectivity index (χ0n) is 10.4. The molecule has 0 bridgehead atoms. The van der Waals surface area contributed by atoms with E-state index in [1.807, 2.05) is 13.8 Å². The number of halogens is 1. The summed E-state index contributed by atoms with van der Waals surface area (Å²) >= 11 is 5.90. The van der Waals surface area contributed by atoms with Crippen LogP contribution in [0.1, 0.15) is 45.4 Å². The summed E-state index contributed by atoms with van der Waals surface area (Å²) in [5, 5.41) is 0.274. The predicted octanol–water partition coefficient (Wildman–Crippen LogP) is 3.43. The lowest BCUT2D eigenvalue weighted by atomic mass is 10.1. The van der Waals surface area contributed by atoms with E-state index < -0.39 is 0 Å². The molecule has 0 unspecified atom stereocenters. The van der Waals surface area contributed by atoms with E-state index in [1.54, 1.807) is 0 Å². The van der Waals surface area contributed by atoms with Gasteiger partial charge in [-0.15, -0.1) is 0 Å². The van der Waals surface area contributed by atoms with Crippen LogP contribution in [0.25, 0.3) is 0 Å². The smallest absolute Gasteiger partial charge is 0.225 e. The third-order valence-electron chi connectivity index (χ3n) is 2.22. The summed E-state index contributed by atoms with van der Waals surface area (Å²) in [4.78, 5) is 8.44. The number of rotatable bonds is 5. The van der Waals surface area contributed by atoms with Gasteiger partial charge in [0.05, 0.1) is 11.8 Å². The second-order valence-corrected chi connectivity index (χ2v) is 4.33. The summed E-state index contributed by atoms with van der Waals surface area (Å²) in [6.45, 7) is 8.17. The lowest BCUT2D eigenvalue weighted by Crippen LogP contribution is -2.11. The highest BCUT2D eigenvalue weighted by Crippen LogP contribution is 2.23. The van der Waals surface area contributed by atoms with E-state index in [-0.39, 0.29) is 11.4 Å². The summed E-state index contributed by atoms with van der Waals surface area (Å²) in [5.41, 5.74) is 2.10. The Morgan fingerprint density at radius 1 is 1.25 bits per heavy atom. The van der Waals surface area contributed by atoms with Crippen molar-refractivity contribution in [2.24, 2.45) is 0 Å². The van der Waals surface area contributed by atoms with Crippen LogP contribution in [0.15, 0.2) is 0 Å². The molecule has 0 aromatic carbocycles. The first kappa shape index (κ1) is 13.2. The minimum absolute atomic E-state index is 0.103. The average molecular weight is 243 g/mol. The van der Waals surface area contributed by atoms with Gasteiger partial charge in [-0.1, -0.05) is 20.3 Å². The van der Waals surface area contributed by atoms with Crippen molar-refractivity contribution < 1.29 is 4.74 Å². The Labute approximate surface area is 102 Å². The molecule has 90 valence electrons. The lowest BCUT2D eigenvalue weighted by molar-refractivity contribution is 0.229. The number of nitrogens with zero attached hydrogens (tertiary/aromatic N) is 2. The van der Waals surface area contributed by atoms with Crippen LogP contribution < -0.4 is 4.74 Å². The molecule has 0 saturated carbocycles. The van der Waals surface area contributed by atoms with Gasteiger partial charge in [-0.25, -0.2) is 4.98 Å². The molecule has 1 heterocycles. The highest BCUT2D eigenvalue weighted by Gasteiger charge is 2.13. The Hall–Kier alpha value is -0.830. The third kappa shape index (κ3) is 3.34. The summed E-state index contributed by atoms with van der Waals surface area (Å²) in [6, 6.07) is 0. The first-order valence-electron chi connectivity index (χ1n) is 5.80. The highest BCUT2D eigenvalue weighted by atomic mass is 35.5. The monoisotopic (exact) mass is 242 g/mol. The summed E-state index contributed by atoms with van der Waals surface area (Å²) < 4.78 is 5.67. The number of hydrogen-bond acceptors (Lipinski definition) is 3. The molecule has 0 aliphatic heterocycles. The Balaban J connectivity index is 3.13. The second kappa shape index (κ2) is 6.04. The zero-order chi connectivity index (χ0) is 12.1. The molecule has 0 amide bonds. The zero-order valence-corrected chi connectivity index (χ0v) is 11.1. The predicted molar refractivity (Wildman–Crippen MR) is 66.2 cm³/mol. The Morgan fingerprint density at radius 2 is 1.94 bits per heavy atom. The number of aromatic nitrogens is 2. The first-order valence-corrected chi connectivity index (χ1v) is 6.18. The topological polar surface area (TPSA) is 35.0 Å². The normalized spacial score (nSPS) is 10.9. The molecule has 0 N–H and O–H groups in total. The number of ether oxygens (including phenoxy) is 1. The molecule has 0 fully saturated rings. The van der Waals surface area contributed by atoms with Gasteiger partial charge < -0.3 is 4.74 Å². The van der Waals surface area contributed by atoms with Crippen LogP contribution in [0.3, 0.4) is 0 Å². The van der Waals surface area contributed by atoms with Crippen molar-refractivity contribution in [3.63, 3.8) is 0 Å². The van der Waals surface area contributed by atoms with E-state index in [1.165, 1.54) is 0 Å². The van der Waals surface area contributed by atoms with Gasteiger partial charge in [0.1, 0.15) is 0 Å². The van der Waals surface area contributed by atoms with Crippen molar-refractivity contribution in [3.05, 3.63) is 16.5 Å². The van der Waals surface area contributed by atoms with Gasteiger partial charge in [-0.05, 0) is 38.3 Å². The Morgan fingerprint density at radius 3 is 2.44 bits per heavy atom. The van der Waals surface area contributed by atoms with Crippen molar-refractivity contribution in [2.75, 3.05) is 0 Å². The van der Waals surface area contributed by atoms with Crippen LogP contribution in [-0.2, 0) is 12.8 Å². The molecule has 0 aliphatic rings. The van der Waals surface area contributed by atoms with E-state index in [4.69, 9.17) is 16.3 Å².